The van der Waals surface area contributed by atoms with Crippen LogP contribution in [0.3, 0.4) is 0 Å². The predicted molar refractivity (Wildman–Crippen MR) is 84.6 cm³/mol. The molecule has 0 spiro atoms. The Labute approximate surface area is 137 Å². The van der Waals surface area contributed by atoms with Gasteiger partial charge in [0.25, 0.3) is 5.56 Å². The molecule has 0 aliphatic carbocycles. The third-order valence-electron chi connectivity index (χ3n) is 4.05. The standard InChI is InChI=1S/C16H15ClFN3O2/c1-10-12(7-19-8-13(10)17)11-4-5-15(23)21(16(11)18)9-20-6-2-3-14(20)22/h4-5,7-8H,2-3,6,9H2,1H3. The van der Waals surface area contributed by atoms with Gasteiger partial charge >= 0.3 is 0 Å². The molecule has 0 bridgehead atoms. The number of hydrogen-bond donors (Lipinski definition) is 0. The average molecular weight is 336 g/mol. The van der Waals surface area contributed by atoms with Gasteiger partial charge in [-0.3, -0.25) is 19.1 Å². The molecule has 0 saturated carbocycles. The number of rotatable bonds is 3. The van der Waals surface area contributed by atoms with Crippen LogP contribution in [0.15, 0.2) is 29.3 Å². The molecular weight excluding hydrogens is 321 g/mol. The molecule has 0 radical (unpaired) electrons. The molecule has 1 fully saturated rings. The SMILES string of the molecule is Cc1c(Cl)cncc1-c1ccc(=O)n(CN2CCCC2=O)c1F. The van der Waals surface area contributed by atoms with Crippen molar-refractivity contribution in [1.29, 1.82) is 0 Å². The molecular formula is C16H15ClFN3O2. The Morgan fingerprint density at radius 3 is 2.74 bits per heavy atom. The highest BCUT2D eigenvalue weighted by Gasteiger charge is 2.23. The van der Waals surface area contributed by atoms with Gasteiger partial charge in [-0.05, 0) is 25.0 Å². The Morgan fingerprint density at radius 2 is 2.04 bits per heavy atom. The van der Waals surface area contributed by atoms with Gasteiger partial charge in [0.15, 0.2) is 0 Å². The number of carbonyl (C=O) groups is 1. The van der Waals surface area contributed by atoms with Crippen molar-refractivity contribution in [2.75, 3.05) is 6.54 Å². The molecule has 0 N–H and O–H groups in total. The van der Waals surface area contributed by atoms with Crippen molar-refractivity contribution in [2.24, 2.45) is 0 Å². The molecule has 7 heteroatoms. The molecule has 3 rings (SSSR count). The van der Waals surface area contributed by atoms with Crippen molar-refractivity contribution < 1.29 is 9.18 Å². The molecule has 3 heterocycles. The molecule has 1 aliphatic rings. The van der Waals surface area contributed by atoms with Crippen molar-refractivity contribution in [3.8, 4) is 11.1 Å². The highest BCUT2D eigenvalue weighted by molar-refractivity contribution is 6.31. The number of hydrogen-bond acceptors (Lipinski definition) is 3. The van der Waals surface area contributed by atoms with E-state index < -0.39 is 11.5 Å². The third-order valence-corrected chi connectivity index (χ3v) is 4.43. The maximum Gasteiger partial charge on any atom is 0.254 e. The fourth-order valence-corrected chi connectivity index (χ4v) is 2.84. The number of pyridine rings is 2. The van der Waals surface area contributed by atoms with Crippen molar-refractivity contribution in [1.82, 2.24) is 14.5 Å². The van der Waals surface area contributed by atoms with Gasteiger partial charge < -0.3 is 4.90 Å². The van der Waals surface area contributed by atoms with Crippen LogP contribution in [0.5, 0.6) is 0 Å². The zero-order valence-corrected chi connectivity index (χ0v) is 13.3. The van der Waals surface area contributed by atoms with Crippen LogP contribution in [0.1, 0.15) is 18.4 Å². The second-order valence-electron chi connectivity index (χ2n) is 5.50. The smallest absolute Gasteiger partial charge is 0.254 e. The molecule has 120 valence electrons. The van der Waals surface area contributed by atoms with Crippen LogP contribution >= 0.6 is 11.6 Å². The van der Waals surface area contributed by atoms with Crippen LogP contribution in [0, 0.1) is 12.9 Å². The summed E-state index contributed by atoms with van der Waals surface area (Å²) in [7, 11) is 0. The van der Waals surface area contributed by atoms with Gasteiger partial charge in [-0.25, -0.2) is 0 Å². The summed E-state index contributed by atoms with van der Waals surface area (Å²) in [6, 6.07) is 2.71. The van der Waals surface area contributed by atoms with E-state index in [1.807, 2.05) is 0 Å². The van der Waals surface area contributed by atoms with E-state index in [0.717, 1.165) is 11.0 Å². The maximum absolute atomic E-state index is 14.9. The van der Waals surface area contributed by atoms with Crippen molar-refractivity contribution in [2.45, 2.75) is 26.4 Å². The molecule has 1 saturated heterocycles. The second-order valence-corrected chi connectivity index (χ2v) is 5.91. The van der Waals surface area contributed by atoms with Gasteiger partial charge in [-0.1, -0.05) is 11.6 Å². The van der Waals surface area contributed by atoms with E-state index in [2.05, 4.69) is 4.98 Å². The Bertz CT molecular complexity index is 835. The van der Waals surface area contributed by atoms with Gasteiger partial charge in [0.1, 0.15) is 6.67 Å². The minimum absolute atomic E-state index is 0.0673. The number of nitrogens with zero attached hydrogens (tertiary/aromatic N) is 3. The van der Waals surface area contributed by atoms with E-state index in [1.165, 1.54) is 29.4 Å². The Hall–Kier alpha value is -2.21. The Kier molecular flexibility index (Phi) is 4.17. The van der Waals surface area contributed by atoms with Crippen LogP contribution in [-0.4, -0.2) is 26.9 Å². The van der Waals surface area contributed by atoms with Crippen LogP contribution in [0.25, 0.3) is 11.1 Å². The maximum atomic E-state index is 14.9. The lowest BCUT2D eigenvalue weighted by Crippen LogP contribution is -2.34. The number of carbonyl (C=O) groups excluding carboxylic acids is 1. The van der Waals surface area contributed by atoms with Crippen molar-refractivity contribution >= 4 is 17.5 Å². The first-order chi connectivity index (χ1) is 11.0. The van der Waals surface area contributed by atoms with Gasteiger partial charge in [0.05, 0.1) is 5.02 Å². The summed E-state index contributed by atoms with van der Waals surface area (Å²) in [6.45, 7) is 2.22. The normalized spacial score (nSPS) is 14.6. The largest absolute Gasteiger partial charge is 0.324 e. The summed E-state index contributed by atoms with van der Waals surface area (Å²) in [6.07, 6.45) is 4.16. The van der Waals surface area contributed by atoms with Gasteiger partial charge in [0.2, 0.25) is 11.9 Å². The highest BCUT2D eigenvalue weighted by Crippen LogP contribution is 2.28. The zero-order valence-electron chi connectivity index (χ0n) is 12.6. The molecule has 23 heavy (non-hydrogen) atoms. The van der Waals surface area contributed by atoms with E-state index in [-0.39, 0.29) is 18.1 Å². The lowest BCUT2D eigenvalue weighted by molar-refractivity contribution is -0.129. The highest BCUT2D eigenvalue weighted by atomic mass is 35.5. The number of likely N-dealkylation sites (tertiary alicyclic amines) is 1. The molecule has 0 aromatic carbocycles. The molecule has 0 unspecified atom stereocenters. The van der Waals surface area contributed by atoms with Gasteiger partial charge in [0, 0.05) is 42.6 Å². The van der Waals surface area contributed by atoms with E-state index in [4.69, 9.17) is 11.6 Å². The van der Waals surface area contributed by atoms with E-state index in [1.54, 1.807) is 6.92 Å². The number of halogens is 2. The van der Waals surface area contributed by atoms with Gasteiger partial charge in [-0.2, -0.15) is 4.39 Å². The lowest BCUT2D eigenvalue weighted by Gasteiger charge is -2.19. The summed E-state index contributed by atoms with van der Waals surface area (Å²) >= 11 is 6.04. The molecule has 2 aromatic rings. The zero-order chi connectivity index (χ0) is 16.6. The predicted octanol–water partition coefficient (Wildman–Crippen LogP) is 2.59. The van der Waals surface area contributed by atoms with E-state index >= 15 is 0 Å². The molecule has 2 aromatic heterocycles. The molecule has 5 nitrogen and oxygen atoms in total. The summed E-state index contributed by atoms with van der Waals surface area (Å²) in [5.41, 5.74) is 0.960. The fraction of sp³-hybridized carbons (Fsp3) is 0.312. The molecule has 1 aliphatic heterocycles. The number of aromatic nitrogens is 2. The first-order valence-electron chi connectivity index (χ1n) is 7.26. The molecule has 0 atom stereocenters. The summed E-state index contributed by atoms with van der Waals surface area (Å²) in [4.78, 5) is 29.2. The quantitative estimate of drug-likeness (QED) is 0.810. The minimum Gasteiger partial charge on any atom is -0.324 e. The average Bonchev–Trinajstić information content (AvgIpc) is 2.92. The van der Waals surface area contributed by atoms with Crippen molar-refractivity contribution in [3.63, 3.8) is 0 Å². The summed E-state index contributed by atoms with van der Waals surface area (Å²) in [5.74, 6) is -0.758. The summed E-state index contributed by atoms with van der Waals surface area (Å²) < 4.78 is 15.8. The minimum atomic E-state index is -0.690. The second kappa shape index (κ2) is 6.12. The van der Waals surface area contributed by atoms with Crippen LogP contribution in [0.4, 0.5) is 4.39 Å². The van der Waals surface area contributed by atoms with E-state index in [0.29, 0.717) is 29.1 Å². The van der Waals surface area contributed by atoms with Crippen LogP contribution < -0.4 is 5.56 Å². The molecule has 1 amide bonds. The van der Waals surface area contributed by atoms with Crippen LogP contribution in [-0.2, 0) is 11.5 Å². The Morgan fingerprint density at radius 1 is 1.26 bits per heavy atom. The summed E-state index contributed by atoms with van der Waals surface area (Å²) in [5, 5.41) is 0.425. The first kappa shape index (κ1) is 15.7. The number of amides is 1. The lowest BCUT2D eigenvalue weighted by atomic mass is 10.0. The van der Waals surface area contributed by atoms with Crippen molar-refractivity contribution in [3.05, 3.63) is 51.4 Å². The topological polar surface area (TPSA) is 55.2 Å². The Balaban J connectivity index is 2.07. The van der Waals surface area contributed by atoms with Gasteiger partial charge in [-0.15, -0.1) is 0 Å². The third kappa shape index (κ3) is 2.86. The van der Waals surface area contributed by atoms with E-state index in [9.17, 15) is 14.0 Å². The van der Waals surface area contributed by atoms with Crippen LogP contribution in [0.2, 0.25) is 5.02 Å². The fourth-order valence-electron chi connectivity index (χ4n) is 2.68. The first-order valence-corrected chi connectivity index (χ1v) is 7.64. The monoisotopic (exact) mass is 335 g/mol.